The Morgan fingerprint density at radius 1 is 1.71 bits per heavy atom. The average molecular weight is 195 g/mol. The summed E-state index contributed by atoms with van der Waals surface area (Å²) in [5, 5.41) is 11.6. The molecule has 1 aliphatic rings. The van der Waals surface area contributed by atoms with Gasteiger partial charge in [-0.25, -0.2) is 0 Å². The molecule has 1 rings (SSSR count). The fourth-order valence-corrected chi connectivity index (χ4v) is 1.70. The number of nitrogens with zero attached hydrogens (tertiary/aromatic N) is 2. The number of carbonyl (C=O) groups excluding carboxylic acids is 1. The molecular formula is C10H17N3O. The predicted octanol–water partition coefficient (Wildman–Crippen LogP) is 0.358. The molecule has 0 aromatic heterocycles. The molecule has 1 N–H and O–H groups in total. The van der Waals surface area contributed by atoms with Crippen molar-refractivity contribution in [2.24, 2.45) is 5.92 Å². The maximum absolute atomic E-state index is 11.8. The van der Waals surface area contributed by atoms with E-state index in [0.29, 0.717) is 13.0 Å². The summed E-state index contributed by atoms with van der Waals surface area (Å²) in [6.45, 7) is 2.35. The monoisotopic (exact) mass is 195 g/mol. The van der Waals surface area contributed by atoms with Gasteiger partial charge in [0.1, 0.15) is 0 Å². The van der Waals surface area contributed by atoms with E-state index in [1.807, 2.05) is 6.07 Å². The molecule has 0 aromatic rings. The third-order valence-corrected chi connectivity index (χ3v) is 2.58. The van der Waals surface area contributed by atoms with E-state index in [1.165, 1.54) is 0 Å². The Balaban J connectivity index is 2.35. The highest BCUT2D eigenvalue weighted by Gasteiger charge is 2.23. The molecule has 0 aliphatic carbocycles. The third kappa shape index (κ3) is 3.00. The lowest BCUT2D eigenvalue weighted by molar-refractivity contribution is -0.134. The summed E-state index contributed by atoms with van der Waals surface area (Å²) in [4.78, 5) is 13.4. The van der Waals surface area contributed by atoms with Crippen LogP contribution in [0.25, 0.3) is 0 Å². The van der Waals surface area contributed by atoms with Crippen molar-refractivity contribution < 1.29 is 4.79 Å². The number of hydrogen-bond acceptors (Lipinski definition) is 3. The first kappa shape index (κ1) is 11.0. The number of hydrogen-bond donors (Lipinski definition) is 1. The first-order valence-electron chi connectivity index (χ1n) is 5.08. The number of piperidine rings is 1. The van der Waals surface area contributed by atoms with Gasteiger partial charge in [-0.1, -0.05) is 0 Å². The highest BCUT2D eigenvalue weighted by atomic mass is 16.2. The van der Waals surface area contributed by atoms with E-state index in [1.54, 1.807) is 11.9 Å². The van der Waals surface area contributed by atoms with Crippen LogP contribution in [-0.4, -0.2) is 37.5 Å². The highest BCUT2D eigenvalue weighted by molar-refractivity contribution is 5.78. The van der Waals surface area contributed by atoms with Crippen molar-refractivity contribution in [1.82, 2.24) is 10.2 Å². The van der Waals surface area contributed by atoms with Gasteiger partial charge in [0.05, 0.1) is 18.4 Å². The van der Waals surface area contributed by atoms with Crippen LogP contribution in [0.15, 0.2) is 0 Å². The number of nitriles is 1. The molecule has 0 saturated carbocycles. The smallest absolute Gasteiger partial charge is 0.226 e. The summed E-state index contributed by atoms with van der Waals surface area (Å²) in [7, 11) is 1.77. The number of amides is 1. The predicted molar refractivity (Wildman–Crippen MR) is 53.5 cm³/mol. The summed E-state index contributed by atoms with van der Waals surface area (Å²) >= 11 is 0. The van der Waals surface area contributed by atoms with Crippen molar-refractivity contribution in [3.8, 4) is 6.07 Å². The lowest BCUT2D eigenvalue weighted by Crippen LogP contribution is -2.41. The van der Waals surface area contributed by atoms with E-state index in [9.17, 15) is 4.79 Å². The molecule has 78 valence electrons. The Labute approximate surface area is 84.9 Å². The van der Waals surface area contributed by atoms with Gasteiger partial charge in [-0.05, 0) is 19.4 Å². The molecule has 1 amide bonds. The molecule has 0 radical (unpaired) electrons. The van der Waals surface area contributed by atoms with Gasteiger partial charge in [0, 0.05) is 20.1 Å². The van der Waals surface area contributed by atoms with Gasteiger partial charge in [-0.3, -0.25) is 4.79 Å². The maximum atomic E-state index is 11.8. The molecule has 4 heteroatoms. The second-order valence-corrected chi connectivity index (χ2v) is 3.71. The SMILES string of the molecule is CN(CCC#N)C(=O)[C@H]1CCCNC1. The molecule has 0 unspecified atom stereocenters. The van der Waals surface area contributed by atoms with Crippen LogP contribution in [0.1, 0.15) is 19.3 Å². The minimum atomic E-state index is 0.118. The maximum Gasteiger partial charge on any atom is 0.226 e. The number of carbonyl (C=O) groups is 1. The Hall–Kier alpha value is -1.08. The number of nitrogens with one attached hydrogen (secondary N) is 1. The zero-order valence-electron chi connectivity index (χ0n) is 8.62. The second kappa shape index (κ2) is 5.61. The van der Waals surface area contributed by atoms with Crippen molar-refractivity contribution in [1.29, 1.82) is 5.26 Å². The highest BCUT2D eigenvalue weighted by Crippen LogP contribution is 2.12. The number of rotatable bonds is 3. The zero-order chi connectivity index (χ0) is 10.4. The minimum Gasteiger partial charge on any atom is -0.344 e. The minimum absolute atomic E-state index is 0.118. The van der Waals surface area contributed by atoms with Gasteiger partial charge in [-0.2, -0.15) is 5.26 Å². The molecule has 1 saturated heterocycles. The molecule has 1 atom stereocenters. The fourth-order valence-electron chi connectivity index (χ4n) is 1.70. The Kier molecular flexibility index (Phi) is 4.41. The Morgan fingerprint density at radius 2 is 2.50 bits per heavy atom. The van der Waals surface area contributed by atoms with E-state index < -0.39 is 0 Å². The summed E-state index contributed by atoms with van der Waals surface area (Å²) in [5.41, 5.74) is 0. The van der Waals surface area contributed by atoms with Crippen molar-refractivity contribution in [3.63, 3.8) is 0 Å². The molecule has 1 fully saturated rings. The molecule has 4 nitrogen and oxygen atoms in total. The van der Waals surface area contributed by atoms with Crippen LogP contribution in [0.5, 0.6) is 0 Å². The molecule has 0 bridgehead atoms. The van der Waals surface area contributed by atoms with Gasteiger partial charge in [-0.15, -0.1) is 0 Å². The van der Waals surface area contributed by atoms with Crippen molar-refractivity contribution in [2.45, 2.75) is 19.3 Å². The van der Waals surface area contributed by atoms with Crippen LogP contribution in [0.4, 0.5) is 0 Å². The topological polar surface area (TPSA) is 56.1 Å². The summed E-state index contributed by atoms with van der Waals surface area (Å²) in [5.74, 6) is 0.292. The Bertz CT molecular complexity index is 228. The van der Waals surface area contributed by atoms with Gasteiger partial charge in [0.2, 0.25) is 5.91 Å². The van der Waals surface area contributed by atoms with Gasteiger partial charge < -0.3 is 10.2 Å². The fraction of sp³-hybridized carbons (Fsp3) is 0.800. The van der Waals surface area contributed by atoms with E-state index >= 15 is 0 Å². The van der Waals surface area contributed by atoms with Gasteiger partial charge >= 0.3 is 0 Å². The third-order valence-electron chi connectivity index (χ3n) is 2.58. The summed E-state index contributed by atoms with van der Waals surface area (Å²) in [6.07, 6.45) is 2.47. The standard InChI is InChI=1S/C10H17N3O/c1-13(7-3-5-11)10(14)9-4-2-6-12-8-9/h9,12H,2-4,6-8H2,1H3/t9-/m0/s1. The van der Waals surface area contributed by atoms with E-state index in [-0.39, 0.29) is 11.8 Å². The van der Waals surface area contributed by atoms with Crippen molar-refractivity contribution in [2.75, 3.05) is 26.7 Å². The van der Waals surface area contributed by atoms with E-state index in [4.69, 9.17) is 5.26 Å². The quantitative estimate of drug-likeness (QED) is 0.707. The lowest BCUT2D eigenvalue weighted by atomic mass is 9.98. The summed E-state index contributed by atoms with van der Waals surface area (Å²) < 4.78 is 0. The van der Waals surface area contributed by atoms with Gasteiger partial charge in [0.15, 0.2) is 0 Å². The molecule has 0 aromatic carbocycles. The lowest BCUT2D eigenvalue weighted by Gasteiger charge is -2.26. The zero-order valence-corrected chi connectivity index (χ0v) is 8.62. The first-order chi connectivity index (χ1) is 6.75. The van der Waals surface area contributed by atoms with Crippen LogP contribution < -0.4 is 5.32 Å². The van der Waals surface area contributed by atoms with Crippen LogP contribution in [-0.2, 0) is 4.79 Å². The molecule has 0 spiro atoms. The summed E-state index contributed by atoms with van der Waals surface area (Å²) in [6, 6.07) is 2.05. The first-order valence-corrected chi connectivity index (χ1v) is 5.08. The van der Waals surface area contributed by atoms with E-state index in [2.05, 4.69) is 5.32 Å². The molecular weight excluding hydrogens is 178 g/mol. The van der Waals surface area contributed by atoms with Crippen molar-refractivity contribution >= 4 is 5.91 Å². The Morgan fingerprint density at radius 3 is 3.07 bits per heavy atom. The van der Waals surface area contributed by atoms with Gasteiger partial charge in [0.25, 0.3) is 0 Å². The van der Waals surface area contributed by atoms with Crippen LogP contribution in [0.2, 0.25) is 0 Å². The average Bonchev–Trinajstić information content (AvgIpc) is 2.26. The van der Waals surface area contributed by atoms with Crippen LogP contribution in [0, 0.1) is 17.2 Å². The largest absolute Gasteiger partial charge is 0.344 e. The second-order valence-electron chi connectivity index (χ2n) is 3.71. The van der Waals surface area contributed by atoms with Crippen molar-refractivity contribution in [3.05, 3.63) is 0 Å². The molecule has 1 aliphatic heterocycles. The van der Waals surface area contributed by atoms with E-state index in [0.717, 1.165) is 25.9 Å². The normalized spacial score (nSPS) is 21.3. The molecule has 1 heterocycles. The van der Waals surface area contributed by atoms with Crippen LogP contribution >= 0.6 is 0 Å². The molecule has 14 heavy (non-hydrogen) atoms. The van der Waals surface area contributed by atoms with Crippen LogP contribution in [0.3, 0.4) is 0 Å².